The lowest BCUT2D eigenvalue weighted by Crippen LogP contribution is -2.15. The Bertz CT molecular complexity index is 482. The van der Waals surface area contributed by atoms with Gasteiger partial charge in [-0.15, -0.1) is 0 Å². The largest absolute Gasteiger partial charge is 0.375 e. The Balaban J connectivity index is 2.12. The third-order valence-electron chi connectivity index (χ3n) is 3.49. The highest BCUT2D eigenvalue weighted by Crippen LogP contribution is 2.18. The van der Waals surface area contributed by atoms with Crippen LogP contribution in [0.25, 0.3) is 6.08 Å². The molecule has 0 fully saturated rings. The average Bonchev–Trinajstić information content (AvgIpc) is 2.48. The van der Waals surface area contributed by atoms with Crippen molar-refractivity contribution in [2.75, 3.05) is 18.5 Å². The minimum Gasteiger partial charge on any atom is -0.375 e. The zero-order valence-corrected chi connectivity index (χ0v) is 12.0. The second-order valence-electron chi connectivity index (χ2n) is 4.93. The van der Waals surface area contributed by atoms with Crippen LogP contribution in [0.3, 0.4) is 0 Å². The van der Waals surface area contributed by atoms with Gasteiger partial charge in [0.25, 0.3) is 0 Å². The molecule has 0 saturated heterocycles. The predicted octanol–water partition coefficient (Wildman–Crippen LogP) is 3.95. The first-order chi connectivity index (χ1) is 9.20. The number of rotatable bonds is 4. The van der Waals surface area contributed by atoms with E-state index in [2.05, 4.69) is 73.3 Å². The van der Waals surface area contributed by atoms with Crippen LogP contribution >= 0.6 is 0 Å². The molecule has 0 aliphatic carbocycles. The summed E-state index contributed by atoms with van der Waals surface area (Å²) in [6.07, 6.45) is 9.51. The van der Waals surface area contributed by atoms with Gasteiger partial charge in [0.15, 0.2) is 0 Å². The molecule has 1 aromatic carbocycles. The van der Waals surface area contributed by atoms with Crippen molar-refractivity contribution in [3.8, 4) is 0 Å². The molecule has 1 aromatic rings. The van der Waals surface area contributed by atoms with E-state index in [4.69, 9.17) is 0 Å². The van der Waals surface area contributed by atoms with Crippen molar-refractivity contribution < 1.29 is 0 Å². The first kappa shape index (κ1) is 13.6. The molecule has 0 radical (unpaired) electrons. The molecule has 1 heterocycles. The summed E-state index contributed by atoms with van der Waals surface area (Å²) in [7, 11) is 2.11. The van der Waals surface area contributed by atoms with Crippen molar-refractivity contribution >= 4 is 18.0 Å². The van der Waals surface area contributed by atoms with Crippen LogP contribution in [0.15, 0.2) is 47.0 Å². The molecule has 1 aliphatic rings. The van der Waals surface area contributed by atoms with Crippen LogP contribution in [0.5, 0.6) is 0 Å². The van der Waals surface area contributed by atoms with Crippen molar-refractivity contribution in [2.24, 2.45) is 4.99 Å². The minimum absolute atomic E-state index is 0.215. The molecule has 2 nitrogen and oxygen atoms in total. The van der Waals surface area contributed by atoms with Gasteiger partial charge < -0.3 is 4.90 Å². The number of hydrogen-bond donors (Lipinski definition) is 0. The molecule has 0 N–H and O–H groups in total. The van der Waals surface area contributed by atoms with Crippen molar-refractivity contribution in [1.29, 1.82) is 0 Å². The van der Waals surface area contributed by atoms with Gasteiger partial charge in [-0.05, 0) is 37.1 Å². The Hall–Kier alpha value is -1.83. The Morgan fingerprint density at radius 2 is 2.11 bits per heavy atom. The normalized spacial score (nSPS) is 18.7. The van der Waals surface area contributed by atoms with Gasteiger partial charge in [0.1, 0.15) is 0 Å². The average molecular weight is 254 g/mol. The van der Waals surface area contributed by atoms with E-state index >= 15 is 0 Å². The van der Waals surface area contributed by atoms with Crippen molar-refractivity contribution in [2.45, 2.75) is 26.3 Å². The number of aliphatic imine (C=N–C) groups is 1. The maximum atomic E-state index is 4.50. The Labute approximate surface area is 116 Å². The highest BCUT2D eigenvalue weighted by atomic mass is 15.1. The zero-order valence-electron chi connectivity index (χ0n) is 12.0. The predicted molar refractivity (Wildman–Crippen MR) is 85.1 cm³/mol. The van der Waals surface area contributed by atoms with Crippen molar-refractivity contribution in [3.63, 3.8) is 0 Å². The van der Waals surface area contributed by atoms with Gasteiger partial charge in [-0.2, -0.15) is 0 Å². The van der Waals surface area contributed by atoms with Crippen molar-refractivity contribution in [3.05, 3.63) is 47.6 Å². The summed E-state index contributed by atoms with van der Waals surface area (Å²) >= 11 is 0. The molecule has 0 saturated carbocycles. The Morgan fingerprint density at radius 1 is 1.37 bits per heavy atom. The van der Waals surface area contributed by atoms with Crippen LogP contribution < -0.4 is 4.90 Å². The summed E-state index contributed by atoms with van der Waals surface area (Å²) in [5.41, 5.74) is 3.77. The minimum atomic E-state index is 0.215. The summed E-state index contributed by atoms with van der Waals surface area (Å²) < 4.78 is 0. The number of hydrogen-bond acceptors (Lipinski definition) is 2. The maximum absolute atomic E-state index is 4.50. The van der Waals surface area contributed by atoms with E-state index < -0.39 is 0 Å². The third kappa shape index (κ3) is 3.57. The zero-order chi connectivity index (χ0) is 13.7. The SMILES string of the molecule is CCN(C)c1ccc(C=C(C)C2C=CCC=N2)cc1. The van der Waals surface area contributed by atoms with E-state index in [0.29, 0.717) is 0 Å². The summed E-state index contributed by atoms with van der Waals surface area (Å²) in [5, 5.41) is 0. The van der Waals surface area contributed by atoms with E-state index in [1.54, 1.807) is 0 Å². The number of dihydropyridines is 1. The molecule has 2 rings (SSSR count). The van der Waals surface area contributed by atoms with Gasteiger partial charge in [-0.3, -0.25) is 4.99 Å². The molecule has 2 heteroatoms. The molecule has 0 bridgehead atoms. The fourth-order valence-corrected chi connectivity index (χ4v) is 2.12. The highest BCUT2D eigenvalue weighted by molar-refractivity contribution is 5.64. The quantitative estimate of drug-likeness (QED) is 0.743. The molecular weight excluding hydrogens is 232 g/mol. The van der Waals surface area contributed by atoms with Crippen molar-refractivity contribution in [1.82, 2.24) is 0 Å². The molecule has 19 heavy (non-hydrogen) atoms. The monoisotopic (exact) mass is 254 g/mol. The van der Waals surface area contributed by atoms with E-state index in [9.17, 15) is 0 Å². The molecule has 1 aliphatic heterocycles. The standard InChI is InChI=1S/C17H22N2/c1-4-19(3)16-10-8-15(9-11-16)13-14(2)17-7-5-6-12-18-17/h5,7-13,17H,4,6H2,1-3H3. The second-order valence-corrected chi connectivity index (χ2v) is 4.93. The fraction of sp³-hybridized carbons (Fsp3) is 0.353. The van der Waals surface area contributed by atoms with Gasteiger partial charge in [-0.1, -0.05) is 30.4 Å². The third-order valence-corrected chi connectivity index (χ3v) is 3.49. The summed E-state index contributed by atoms with van der Waals surface area (Å²) in [6, 6.07) is 8.89. The molecule has 100 valence electrons. The molecule has 1 atom stereocenters. The molecule has 0 amide bonds. The van der Waals surface area contributed by atoms with Crippen LogP contribution in [0.4, 0.5) is 5.69 Å². The first-order valence-electron chi connectivity index (χ1n) is 6.88. The Morgan fingerprint density at radius 3 is 2.68 bits per heavy atom. The van der Waals surface area contributed by atoms with Crippen LogP contribution in [-0.4, -0.2) is 25.8 Å². The number of allylic oxidation sites excluding steroid dienone is 1. The summed E-state index contributed by atoms with van der Waals surface area (Å²) in [5.74, 6) is 0. The molecule has 1 unspecified atom stereocenters. The van der Waals surface area contributed by atoms with Crippen LogP contribution in [0, 0.1) is 0 Å². The fourth-order valence-electron chi connectivity index (χ4n) is 2.12. The van der Waals surface area contributed by atoms with E-state index in [0.717, 1.165) is 13.0 Å². The highest BCUT2D eigenvalue weighted by Gasteiger charge is 2.06. The molecular formula is C17H22N2. The maximum Gasteiger partial charge on any atom is 0.0887 e. The van der Waals surface area contributed by atoms with E-state index in [-0.39, 0.29) is 6.04 Å². The van der Waals surface area contributed by atoms with Gasteiger partial charge in [-0.25, -0.2) is 0 Å². The van der Waals surface area contributed by atoms with Gasteiger partial charge in [0, 0.05) is 31.9 Å². The molecule has 0 spiro atoms. The van der Waals surface area contributed by atoms with Crippen LogP contribution in [-0.2, 0) is 0 Å². The van der Waals surface area contributed by atoms with E-state index in [1.165, 1.54) is 16.8 Å². The molecule has 0 aromatic heterocycles. The van der Waals surface area contributed by atoms with Gasteiger partial charge in [0.05, 0.1) is 6.04 Å². The lowest BCUT2D eigenvalue weighted by atomic mass is 10.0. The van der Waals surface area contributed by atoms with Crippen LogP contribution in [0.2, 0.25) is 0 Å². The lowest BCUT2D eigenvalue weighted by Gasteiger charge is -2.16. The first-order valence-corrected chi connectivity index (χ1v) is 6.88. The topological polar surface area (TPSA) is 15.6 Å². The summed E-state index contributed by atoms with van der Waals surface area (Å²) in [4.78, 5) is 6.73. The van der Waals surface area contributed by atoms with Gasteiger partial charge >= 0.3 is 0 Å². The van der Waals surface area contributed by atoms with Gasteiger partial charge in [0.2, 0.25) is 0 Å². The Kier molecular flexibility index (Phi) is 4.56. The second kappa shape index (κ2) is 6.37. The number of benzene rings is 1. The van der Waals surface area contributed by atoms with E-state index in [1.807, 2.05) is 6.21 Å². The number of anilines is 1. The van der Waals surface area contributed by atoms with Crippen LogP contribution in [0.1, 0.15) is 25.8 Å². The smallest absolute Gasteiger partial charge is 0.0887 e. The number of nitrogens with zero attached hydrogens (tertiary/aromatic N) is 2. The summed E-state index contributed by atoms with van der Waals surface area (Å²) in [6.45, 7) is 5.32. The lowest BCUT2D eigenvalue weighted by molar-refractivity contribution is 0.941.